The number of nitrogens with zero attached hydrogens (tertiary/aromatic N) is 4. The van der Waals surface area contributed by atoms with Crippen molar-refractivity contribution in [2.24, 2.45) is 0 Å². The maximum absolute atomic E-state index is 12.2. The summed E-state index contributed by atoms with van der Waals surface area (Å²) in [6.45, 7) is 4.88. The number of thioether (sulfide) groups is 1. The molecule has 0 radical (unpaired) electrons. The number of carbonyl (C=O) groups is 2. The van der Waals surface area contributed by atoms with Gasteiger partial charge in [0, 0.05) is 25.7 Å². The molecule has 2 amide bonds. The van der Waals surface area contributed by atoms with Crippen LogP contribution in [-0.2, 0) is 9.59 Å². The van der Waals surface area contributed by atoms with Crippen LogP contribution in [0.1, 0.15) is 31.7 Å². The summed E-state index contributed by atoms with van der Waals surface area (Å²) >= 11 is 1.33. The minimum Gasteiger partial charge on any atom is -0.350 e. The first-order valence-corrected chi connectivity index (χ1v) is 9.59. The predicted octanol–water partition coefficient (Wildman–Crippen LogP) is 1.83. The van der Waals surface area contributed by atoms with Crippen molar-refractivity contribution in [3.05, 3.63) is 36.2 Å². The van der Waals surface area contributed by atoms with E-state index in [1.165, 1.54) is 17.3 Å². The molecule has 0 aliphatic carbocycles. The molecule has 1 fully saturated rings. The van der Waals surface area contributed by atoms with Crippen molar-refractivity contribution in [3.8, 4) is 5.69 Å². The quantitative estimate of drug-likeness (QED) is 0.782. The molecule has 0 spiro atoms. The van der Waals surface area contributed by atoms with Crippen LogP contribution in [0.25, 0.3) is 5.69 Å². The van der Waals surface area contributed by atoms with Gasteiger partial charge in [0.25, 0.3) is 0 Å². The molecule has 1 aliphatic heterocycles. The summed E-state index contributed by atoms with van der Waals surface area (Å²) in [5, 5.41) is 11.6. The molecular formula is C18H23N5O2S. The number of hydrogen-bond acceptors (Lipinski definition) is 5. The minimum atomic E-state index is -0.109. The Labute approximate surface area is 157 Å². The predicted molar refractivity (Wildman–Crippen MR) is 100 cm³/mol. The number of benzene rings is 1. The van der Waals surface area contributed by atoms with E-state index in [9.17, 15) is 9.59 Å². The monoisotopic (exact) mass is 373 g/mol. The number of likely N-dealkylation sites (tertiary alicyclic amines) is 1. The summed E-state index contributed by atoms with van der Waals surface area (Å²) < 4.78 is 1.87. The molecule has 0 saturated carbocycles. The lowest BCUT2D eigenvalue weighted by molar-refractivity contribution is -0.126. The van der Waals surface area contributed by atoms with E-state index in [1.54, 1.807) is 18.3 Å². The number of amides is 2. The van der Waals surface area contributed by atoms with Crippen LogP contribution in [0.3, 0.4) is 0 Å². The Hall–Kier alpha value is -2.35. The van der Waals surface area contributed by atoms with Gasteiger partial charge in [-0.05, 0) is 23.6 Å². The summed E-state index contributed by atoms with van der Waals surface area (Å²) in [6.07, 6.45) is 2.01. The van der Waals surface area contributed by atoms with E-state index >= 15 is 0 Å². The van der Waals surface area contributed by atoms with Gasteiger partial charge >= 0.3 is 0 Å². The molecule has 3 rings (SSSR count). The molecule has 26 heavy (non-hydrogen) atoms. The fourth-order valence-electron chi connectivity index (χ4n) is 2.88. The lowest BCUT2D eigenvalue weighted by Gasteiger charge is -2.12. The fraction of sp³-hybridized carbons (Fsp3) is 0.444. The van der Waals surface area contributed by atoms with Crippen LogP contribution in [0.2, 0.25) is 0 Å². The molecule has 138 valence electrons. The van der Waals surface area contributed by atoms with Gasteiger partial charge in [0.2, 0.25) is 11.8 Å². The Morgan fingerprint density at radius 3 is 2.69 bits per heavy atom. The van der Waals surface area contributed by atoms with Crippen molar-refractivity contribution in [1.29, 1.82) is 0 Å². The molecule has 1 aromatic heterocycles. The van der Waals surface area contributed by atoms with Crippen molar-refractivity contribution in [2.75, 3.05) is 19.3 Å². The summed E-state index contributed by atoms with van der Waals surface area (Å²) in [4.78, 5) is 25.3. The summed E-state index contributed by atoms with van der Waals surface area (Å²) in [5.74, 6) is 0.668. The van der Waals surface area contributed by atoms with Gasteiger partial charge < -0.3 is 10.2 Å². The third-order valence-corrected chi connectivity index (χ3v) is 5.34. The van der Waals surface area contributed by atoms with E-state index in [4.69, 9.17) is 0 Å². The van der Waals surface area contributed by atoms with Crippen LogP contribution in [0.5, 0.6) is 0 Å². The van der Waals surface area contributed by atoms with Crippen molar-refractivity contribution >= 4 is 23.6 Å². The van der Waals surface area contributed by atoms with E-state index < -0.39 is 0 Å². The van der Waals surface area contributed by atoms with Crippen LogP contribution in [-0.4, -0.2) is 56.9 Å². The second-order valence-electron chi connectivity index (χ2n) is 6.76. The Kier molecular flexibility index (Phi) is 5.61. The van der Waals surface area contributed by atoms with Gasteiger partial charge in [-0.1, -0.05) is 37.7 Å². The highest BCUT2D eigenvalue weighted by Gasteiger charge is 2.27. The molecule has 1 saturated heterocycles. The molecule has 1 aliphatic rings. The molecule has 0 bridgehead atoms. The zero-order chi connectivity index (χ0) is 18.7. The summed E-state index contributed by atoms with van der Waals surface area (Å²) in [5.41, 5.74) is 2.23. The van der Waals surface area contributed by atoms with E-state index in [-0.39, 0.29) is 23.6 Å². The second kappa shape index (κ2) is 7.90. The van der Waals surface area contributed by atoms with Crippen LogP contribution in [0.15, 0.2) is 35.7 Å². The first-order valence-electron chi connectivity index (χ1n) is 8.60. The highest BCUT2D eigenvalue weighted by molar-refractivity contribution is 7.99. The van der Waals surface area contributed by atoms with Crippen LogP contribution in [0, 0.1) is 0 Å². The van der Waals surface area contributed by atoms with E-state index in [0.29, 0.717) is 24.0 Å². The maximum Gasteiger partial charge on any atom is 0.230 e. The molecule has 8 heteroatoms. The average molecular weight is 373 g/mol. The van der Waals surface area contributed by atoms with Crippen molar-refractivity contribution in [2.45, 2.75) is 37.4 Å². The number of nitrogens with one attached hydrogen (secondary N) is 1. The smallest absolute Gasteiger partial charge is 0.230 e. The van der Waals surface area contributed by atoms with Crippen LogP contribution < -0.4 is 5.32 Å². The lowest BCUT2D eigenvalue weighted by atomic mass is 10.0. The second-order valence-corrected chi connectivity index (χ2v) is 7.70. The first kappa shape index (κ1) is 18.4. The SMILES string of the molecule is CC(C)c1ccc(-n2cnnc2SCC(=O)NC2CC(=O)N(C)C2)cc1. The number of carbonyl (C=O) groups excluding carboxylic acids is 2. The third kappa shape index (κ3) is 4.24. The topological polar surface area (TPSA) is 80.1 Å². The van der Waals surface area contributed by atoms with Gasteiger partial charge in [-0.15, -0.1) is 10.2 Å². The van der Waals surface area contributed by atoms with Gasteiger partial charge in [0.05, 0.1) is 11.8 Å². The van der Waals surface area contributed by atoms with Gasteiger partial charge in [-0.25, -0.2) is 0 Å². The molecule has 2 heterocycles. The number of rotatable bonds is 6. The van der Waals surface area contributed by atoms with Gasteiger partial charge in [0.1, 0.15) is 6.33 Å². The highest BCUT2D eigenvalue weighted by atomic mass is 32.2. The van der Waals surface area contributed by atoms with Gasteiger partial charge in [-0.2, -0.15) is 0 Å². The Morgan fingerprint density at radius 1 is 1.35 bits per heavy atom. The number of aromatic nitrogens is 3. The van der Waals surface area contributed by atoms with E-state index in [1.807, 2.05) is 16.7 Å². The first-order chi connectivity index (χ1) is 12.4. The fourth-order valence-corrected chi connectivity index (χ4v) is 3.62. The molecule has 1 unspecified atom stereocenters. The Bertz CT molecular complexity index is 787. The summed E-state index contributed by atoms with van der Waals surface area (Å²) in [6, 6.07) is 8.14. The van der Waals surface area contributed by atoms with Crippen LogP contribution >= 0.6 is 11.8 Å². The number of hydrogen-bond donors (Lipinski definition) is 1. The minimum absolute atomic E-state index is 0.0625. The normalized spacial score (nSPS) is 17.2. The zero-order valence-corrected chi connectivity index (χ0v) is 16.0. The maximum atomic E-state index is 12.2. The van der Waals surface area contributed by atoms with Gasteiger partial charge in [0.15, 0.2) is 5.16 Å². The van der Waals surface area contributed by atoms with Crippen molar-refractivity contribution < 1.29 is 9.59 Å². The average Bonchev–Trinajstić information content (AvgIpc) is 3.19. The van der Waals surface area contributed by atoms with E-state index in [2.05, 4.69) is 41.5 Å². The summed E-state index contributed by atoms with van der Waals surface area (Å²) in [7, 11) is 1.75. The lowest BCUT2D eigenvalue weighted by Crippen LogP contribution is -2.37. The van der Waals surface area contributed by atoms with Gasteiger partial charge in [-0.3, -0.25) is 14.2 Å². The van der Waals surface area contributed by atoms with E-state index in [0.717, 1.165) is 5.69 Å². The Morgan fingerprint density at radius 2 is 2.08 bits per heavy atom. The molecular weight excluding hydrogens is 350 g/mol. The molecule has 1 atom stereocenters. The van der Waals surface area contributed by atoms with Crippen LogP contribution in [0.4, 0.5) is 0 Å². The molecule has 1 N–H and O–H groups in total. The standard InChI is InChI=1S/C18H23N5O2S/c1-12(2)13-4-6-15(7-5-13)23-11-19-21-18(23)26-10-16(24)20-14-8-17(25)22(3)9-14/h4-7,11-12,14H,8-10H2,1-3H3,(H,20,24). The molecule has 2 aromatic rings. The zero-order valence-electron chi connectivity index (χ0n) is 15.2. The van der Waals surface area contributed by atoms with Crippen molar-refractivity contribution in [1.82, 2.24) is 25.0 Å². The molecule has 1 aromatic carbocycles. The third-order valence-electron chi connectivity index (χ3n) is 4.39. The Balaban J connectivity index is 1.59. The number of likely N-dealkylation sites (N-methyl/N-ethyl adjacent to an activating group) is 1. The highest BCUT2D eigenvalue weighted by Crippen LogP contribution is 2.22. The van der Waals surface area contributed by atoms with Crippen molar-refractivity contribution in [3.63, 3.8) is 0 Å². The largest absolute Gasteiger partial charge is 0.350 e. The molecule has 7 nitrogen and oxygen atoms in total.